The zero-order valence-corrected chi connectivity index (χ0v) is 12.8. The minimum absolute atomic E-state index is 0.109. The van der Waals surface area contributed by atoms with Gasteiger partial charge >= 0.3 is 0 Å². The Morgan fingerprint density at radius 2 is 2.26 bits per heavy atom. The number of thioether (sulfide) groups is 1. The molecule has 108 valence electrons. The first-order valence-corrected chi connectivity index (χ1v) is 8.37. The molecule has 2 fully saturated rings. The van der Waals surface area contributed by atoms with Crippen molar-refractivity contribution in [3.8, 4) is 0 Å². The van der Waals surface area contributed by atoms with Crippen LogP contribution in [0.2, 0.25) is 0 Å². The normalized spacial score (nSPS) is 24.6. The van der Waals surface area contributed by atoms with Crippen LogP contribution < -0.4 is 10.6 Å². The van der Waals surface area contributed by atoms with E-state index in [9.17, 15) is 4.79 Å². The summed E-state index contributed by atoms with van der Waals surface area (Å²) in [5.41, 5.74) is 0.322. The number of nitrogens with one attached hydrogen (secondary N) is 2. The molecule has 0 radical (unpaired) electrons. The second-order valence-corrected chi connectivity index (χ2v) is 6.68. The predicted molar refractivity (Wildman–Crippen MR) is 81.6 cm³/mol. The van der Waals surface area contributed by atoms with Gasteiger partial charge < -0.3 is 10.6 Å². The molecule has 1 amide bonds. The first-order chi connectivity index (χ1) is 9.13. The lowest BCUT2D eigenvalue weighted by atomic mass is 10.0. The van der Waals surface area contributed by atoms with Crippen molar-refractivity contribution in [2.75, 3.05) is 12.3 Å². The molecule has 4 nitrogen and oxygen atoms in total. The third-order valence-corrected chi connectivity index (χ3v) is 5.23. The number of nitrogens with zero attached hydrogens (tertiary/aromatic N) is 1. The van der Waals surface area contributed by atoms with Gasteiger partial charge in [-0.2, -0.15) is 0 Å². The largest absolute Gasteiger partial charge is 0.359 e. The molecule has 1 spiro atoms. The van der Waals surface area contributed by atoms with Gasteiger partial charge in [0.2, 0.25) is 5.91 Å². The average Bonchev–Trinajstić information content (AvgIpc) is 3.00. The van der Waals surface area contributed by atoms with Gasteiger partial charge in [0, 0.05) is 23.8 Å². The number of hydrogen-bond donors (Lipinski definition) is 2. The van der Waals surface area contributed by atoms with Crippen LogP contribution in [0.15, 0.2) is 4.99 Å². The van der Waals surface area contributed by atoms with Crippen LogP contribution in [0.5, 0.6) is 0 Å². The maximum Gasteiger partial charge on any atom is 0.222 e. The molecule has 1 aliphatic carbocycles. The van der Waals surface area contributed by atoms with Crippen molar-refractivity contribution in [2.24, 2.45) is 4.99 Å². The molecule has 0 bridgehead atoms. The van der Waals surface area contributed by atoms with Crippen molar-refractivity contribution in [3.05, 3.63) is 0 Å². The predicted octanol–water partition coefficient (Wildman–Crippen LogP) is 2.30. The van der Waals surface area contributed by atoms with E-state index >= 15 is 0 Å². The number of rotatable bonds is 5. The van der Waals surface area contributed by atoms with Crippen molar-refractivity contribution in [3.63, 3.8) is 0 Å². The summed E-state index contributed by atoms with van der Waals surface area (Å²) in [4.78, 5) is 16.2. The summed E-state index contributed by atoms with van der Waals surface area (Å²) < 4.78 is 0. The third kappa shape index (κ3) is 4.13. The fourth-order valence-corrected chi connectivity index (χ4v) is 3.86. The van der Waals surface area contributed by atoms with Crippen LogP contribution in [0.25, 0.3) is 0 Å². The molecular formula is C14H25N3OS. The second kappa shape index (κ2) is 6.64. The highest BCUT2D eigenvalue weighted by Crippen LogP contribution is 2.37. The van der Waals surface area contributed by atoms with Gasteiger partial charge in [0.15, 0.2) is 5.17 Å². The summed E-state index contributed by atoms with van der Waals surface area (Å²) in [6.07, 6.45) is 6.67. The van der Waals surface area contributed by atoms with Crippen LogP contribution >= 0.6 is 11.8 Å². The monoisotopic (exact) mass is 283 g/mol. The van der Waals surface area contributed by atoms with Gasteiger partial charge in [0.25, 0.3) is 0 Å². The number of amidine groups is 1. The van der Waals surface area contributed by atoms with Gasteiger partial charge in [0.1, 0.15) is 0 Å². The zero-order chi connectivity index (χ0) is 13.7. The number of carbonyl (C=O) groups excluding carboxylic acids is 1. The number of hydrogen-bond acceptors (Lipinski definition) is 3. The molecule has 1 aliphatic heterocycles. The van der Waals surface area contributed by atoms with Crippen LogP contribution in [-0.4, -0.2) is 35.0 Å². The summed E-state index contributed by atoms with van der Waals surface area (Å²) in [5.74, 6) is 1.25. The van der Waals surface area contributed by atoms with E-state index in [1.54, 1.807) is 0 Å². The van der Waals surface area contributed by atoms with E-state index in [2.05, 4.69) is 22.5 Å². The van der Waals surface area contributed by atoms with Crippen molar-refractivity contribution in [1.82, 2.24) is 10.6 Å². The lowest BCUT2D eigenvalue weighted by molar-refractivity contribution is -0.121. The van der Waals surface area contributed by atoms with Crippen LogP contribution in [0.1, 0.15) is 52.4 Å². The molecule has 1 saturated carbocycles. The van der Waals surface area contributed by atoms with Crippen molar-refractivity contribution < 1.29 is 4.79 Å². The quantitative estimate of drug-likeness (QED) is 0.814. The zero-order valence-electron chi connectivity index (χ0n) is 12.0. The van der Waals surface area contributed by atoms with E-state index in [1.807, 2.05) is 18.7 Å². The Kier molecular flexibility index (Phi) is 5.13. The maximum absolute atomic E-state index is 11.6. The van der Waals surface area contributed by atoms with Crippen molar-refractivity contribution in [2.45, 2.75) is 64.0 Å². The van der Waals surface area contributed by atoms with Gasteiger partial charge in [-0.05, 0) is 26.2 Å². The standard InChI is InChI=1S/C14H25N3OS/c1-3-11(2)16-12(18)6-9-15-13-17-14(10-19-13)7-4-5-8-14/h11H,3-10H2,1-2H3,(H,15,17)(H,16,18). The highest BCUT2D eigenvalue weighted by Gasteiger charge is 2.39. The van der Waals surface area contributed by atoms with E-state index in [4.69, 9.17) is 0 Å². The summed E-state index contributed by atoms with van der Waals surface area (Å²) in [6, 6.07) is 0.265. The Morgan fingerprint density at radius 1 is 1.53 bits per heavy atom. The lowest BCUT2D eigenvalue weighted by Gasteiger charge is -2.21. The van der Waals surface area contributed by atoms with E-state index < -0.39 is 0 Å². The average molecular weight is 283 g/mol. The molecule has 1 atom stereocenters. The van der Waals surface area contributed by atoms with Crippen LogP contribution in [0, 0.1) is 0 Å². The van der Waals surface area contributed by atoms with E-state index in [-0.39, 0.29) is 11.9 Å². The number of aliphatic imine (C=N–C) groups is 1. The summed E-state index contributed by atoms with van der Waals surface area (Å²) in [5, 5.41) is 7.58. The van der Waals surface area contributed by atoms with Crippen LogP contribution in [0.4, 0.5) is 0 Å². The van der Waals surface area contributed by atoms with E-state index in [0.717, 1.165) is 17.3 Å². The fraction of sp³-hybridized carbons (Fsp3) is 0.857. The summed E-state index contributed by atoms with van der Waals surface area (Å²) in [7, 11) is 0. The summed E-state index contributed by atoms with van der Waals surface area (Å²) in [6.45, 7) is 4.70. The van der Waals surface area contributed by atoms with Gasteiger partial charge in [-0.3, -0.25) is 9.79 Å². The van der Waals surface area contributed by atoms with Gasteiger partial charge in [-0.25, -0.2) is 0 Å². The lowest BCUT2D eigenvalue weighted by Crippen LogP contribution is -2.40. The van der Waals surface area contributed by atoms with Gasteiger partial charge in [0.05, 0.1) is 6.54 Å². The molecule has 2 aliphatic rings. The van der Waals surface area contributed by atoms with Crippen LogP contribution in [0.3, 0.4) is 0 Å². The van der Waals surface area contributed by atoms with E-state index in [0.29, 0.717) is 18.5 Å². The summed E-state index contributed by atoms with van der Waals surface area (Å²) >= 11 is 1.82. The second-order valence-electron chi connectivity index (χ2n) is 5.71. The third-order valence-electron chi connectivity index (χ3n) is 4.03. The smallest absolute Gasteiger partial charge is 0.222 e. The Morgan fingerprint density at radius 3 is 2.95 bits per heavy atom. The number of amides is 1. The first kappa shape index (κ1) is 14.7. The molecular weight excluding hydrogens is 258 g/mol. The minimum Gasteiger partial charge on any atom is -0.359 e. The highest BCUT2D eigenvalue weighted by molar-refractivity contribution is 8.14. The Balaban J connectivity index is 1.70. The molecule has 1 unspecified atom stereocenters. The van der Waals surface area contributed by atoms with Gasteiger partial charge in [-0.15, -0.1) is 0 Å². The molecule has 0 aromatic rings. The molecule has 1 saturated heterocycles. The van der Waals surface area contributed by atoms with Crippen LogP contribution in [-0.2, 0) is 4.79 Å². The molecule has 0 aromatic heterocycles. The molecule has 5 heteroatoms. The topological polar surface area (TPSA) is 53.5 Å². The number of carbonyl (C=O) groups is 1. The molecule has 19 heavy (non-hydrogen) atoms. The first-order valence-electron chi connectivity index (χ1n) is 7.38. The highest BCUT2D eigenvalue weighted by atomic mass is 32.2. The van der Waals surface area contributed by atoms with Crippen molar-refractivity contribution >= 4 is 22.8 Å². The Bertz CT molecular complexity index is 351. The maximum atomic E-state index is 11.6. The van der Waals surface area contributed by atoms with Crippen molar-refractivity contribution in [1.29, 1.82) is 0 Å². The Labute approximate surface area is 120 Å². The minimum atomic E-state index is 0.109. The molecule has 0 aromatic carbocycles. The fourth-order valence-electron chi connectivity index (χ4n) is 2.62. The molecule has 1 heterocycles. The molecule has 2 rings (SSSR count). The van der Waals surface area contributed by atoms with Gasteiger partial charge in [-0.1, -0.05) is 31.5 Å². The van der Waals surface area contributed by atoms with E-state index in [1.165, 1.54) is 25.7 Å². The molecule has 2 N–H and O–H groups in total. The SMILES string of the molecule is CCC(C)NC(=O)CCN=C1NC2(CCCC2)CS1. The Hall–Kier alpha value is -0.710.